The molecule has 0 aromatic heterocycles. The summed E-state index contributed by atoms with van der Waals surface area (Å²) in [5.74, 6) is 0.488. The SMILES string of the molecule is CC(=O)N1CCCc2cc(NC(=O)[C@@H]3CCC[C@@H]3CN)ccc21.Cl. The molecule has 2 atom stereocenters. The highest BCUT2D eigenvalue weighted by Crippen LogP contribution is 2.33. The van der Waals surface area contributed by atoms with Crippen LogP contribution in [0.5, 0.6) is 0 Å². The zero-order valence-corrected chi connectivity index (χ0v) is 14.9. The number of halogens is 1. The average molecular weight is 352 g/mol. The summed E-state index contributed by atoms with van der Waals surface area (Å²) in [4.78, 5) is 26.0. The Morgan fingerprint density at radius 2 is 2.08 bits per heavy atom. The summed E-state index contributed by atoms with van der Waals surface area (Å²) < 4.78 is 0. The van der Waals surface area contributed by atoms with E-state index < -0.39 is 0 Å². The lowest BCUT2D eigenvalue weighted by atomic mass is 9.95. The van der Waals surface area contributed by atoms with Crippen molar-refractivity contribution in [3.05, 3.63) is 23.8 Å². The van der Waals surface area contributed by atoms with E-state index in [0.29, 0.717) is 12.5 Å². The first-order valence-electron chi connectivity index (χ1n) is 8.52. The molecule has 5 nitrogen and oxygen atoms in total. The minimum absolute atomic E-state index is 0. The van der Waals surface area contributed by atoms with Crippen LogP contribution in [0.25, 0.3) is 0 Å². The lowest BCUT2D eigenvalue weighted by Crippen LogP contribution is -2.33. The minimum Gasteiger partial charge on any atom is -0.330 e. The highest BCUT2D eigenvalue weighted by Gasteiger charge is 2.32. The number of nitrogens with two attached hydrogens (primary N) is 1. The van der Waals surface area contributed by atoms with Crippen LogP contribution in [-0.2, 0) is 16.0 Å². The maximum absolute atomic E-state index is 12.5. The van der Waals surface area contributed by atoms with Crippen LogP contribution >= 0.6 is 12.4 Å². The highest BCUT2D eigenvalue weighted by atomic mass is 35.5. The molecule has 0 radical (unpaired) electrons. The first-order chi connectivity index (χ1) is 11.1. The van der Waals surface area contributed by atoms with Crippen LogP contribution in [0.2, 0.25) is 0 Å². The van der Waals surface area contributed by atoms with E-state index in [4.69, 9.17) is 5.73 Å². The number of hydrogen-bond donors (Lipinski definition) is 2. The van der Waals surface area contributed by atoms with Crippen molar-refractivity contribution in [1.29, 1.82) is 0 Å². The number of carbonyl (C=O) groups excluding carboxylic acids is 2. The molecular formula is C18H26ClN3O2. The molecule has 0 bridgehead atoms. The van der Waals surface area contributed by atoms with Gasteiger partial charge < -0.3 is 16.0 Å². The van der Waals surface area contributed by atoms with E-state index in [9.17, 15) is 9.59 Å². The molecule has 1 heterocycles. The van der Waals surface area contributed by atoms with Crippen molar-refractivity contribution in [2.75, 3.05) is 23.3 Å². The summed E-state index contributed by atoms with van der Waals surface area (Å²) in [6.45, 7) is 2.95. The zero-order valence-electron chi connectivity index (χ0n) is 14.1. The molecule has 3 rings (SSSR count). The van der Waals surface area contributed by atoms with E-state index >= 15 is 0 Å². The molecule has 1 aromatic carbocycles. The summed E-state index contributed by atoms with van der Waals surface area (Å²) in [6, 6.07) is 5.85. The van der Waals surface area contributed by atoms with Crippen molar-refractivity contribution < 1.29 is 9.59 Å². The van der Waals surface area contributed by atoms with Gasteiger partial charge in [0.25, 0.3) is 0 Å². The van der Waals surface area contributed by atoms with Gasteiger partial charge in [-0.05, 0) is 61.9 Å². The minimum atomic E-state index is 0. The molecule has 2 aliphatic rings. The third kappa shape index (κ3) is 3.73. The van der Waals surface area contributed by atoms with E-state index in [0.717, 1.165) is 55.6 Å². The number of nitrogens with one attached hydrogen (secondary N) is 1. The lowest BCUT2D eigenvalue weighted by Gasteiger charge is -2.29. The molecule has 0 unspecified atom stereocenters. The average Bonchev–Trinajstić information content (AvgIpc) is 3.02. The van der Waals surface area contributed by atoms with Gasteiger partial charge in [0, 0.05) is 30.8 Å². The molecular weight excluding hydrogens is 326 g/mol. The molecule has 132 valence electrons. The molecule has 1 saturated carbocycles. The standard InChI is InChI=1S/C18H25N3O2.ClH/c1-12(22)21-9-3-5-13-10-15(7-8-17(13)21)20-18(23)16-6-2-4-14(16)11-19;/h7-8,10,14,16H,2-6,9,11,19H2,1H3,(H,20,23);1H/t14-,16-;/m1./s1. The van der Waals surface area contributed by atoms with Gasteiger partial charge in [0.05, 0.1) is 0 Å². The van der Waals surface area contributed by atoms with E-state index in [1.807, 2.05) is 23.1 Å². The van der Waals surface area contributed by atoms with Crippen molar-refractivity contribution in [1.82, 2.24) is 0 Å². The molecule has 0 spiro atoms. The first kappa shape index (κ1) is 18.7. The fourth-order valence-corrected chi connectivity index (χ4v) is 3.90. The number of hydrogen-bond acceptors (Lipinski definition) is 3. The van der Waals surface area contributed by atoms with Gasteiger partial charge in [-0.2, -0.15) is 0 Å². The fourth-order valence-electron chi connectivity index (χ4n) is 3.90. The molecule has 0 saturated heterocycles. The third-order valence-corrected chi connectivity index (χ3v) is 5.14. The van der Waals surface area contributed by atoms with Crippen molar-refractivity contribution in [2.24, 2.45) is 17.6 Å². The number of amides is 2. The molecule has 1 aliphatic heterocycles. The topological polar surface area (TPSA) is 75.4 Å². The van der Waals surface area contributed by atoms with Crippen LogP contribution < -0.4 is 16.0 Å². The zero-order chi connectivity index (χ0) is 16.4. The molecule has 1 fully saturated rings. The second-order valence-corrected chi connectivity index (χ2v) is 6.64. The Balaban J connectivity index is 0.00000208. The predicted octanol–water partition coefficient (Wildman–Crippen LogP) is 2.72. The van der Waals surface area contributed by atoms with E-state index in [1.54, 1.807) is 6.92 Å². The van der Waals surface area contributed by atoms with Crippen molar-refractivity contribution >= 4 is 35.6 Å². The van der Waals surface area contributed by atoms with Gasteiger partial charge in [-0.15, -0.1) is 12.4 Å². The van der Waals surface area contributed by atoms with E-state index in [1.165, 1.54) is 0 Å². The molecule has 1 aromatic rings. The van der Waals surface area contributed by atoms with Crippen molar-refractivity contribution in [3.8, 4) is 0 Å². The summed E-state index contributed by atoms with van der Waals surface area (Å²) in [5, 5.41) is 3.04. The smallest absolute Gasteiger partial charge is 0.227 e. The summed E-state index contributed by atoms with van der Waals surface area (Å²) in [5.41, 5.74) is 8.70. The van der Waals surface area contributed by atoms with Gasteiger partial charge in [-0.1, -0.05) is 6.42 Å². The Labute approximate surface area is 149 Å². The Bertz CT molecular complexity index is 620. The quantitative estimate of drug-likeness (QED) is 0.879. The summed E-state index contributed by atoms with van der Waals surface area (Å²) in [7, 11) is 0. The van der Waals surface area contributed by atoms with Crippen LogP contribution in [0, 0.1) is 11.8 Å². The number of anilines is 2. The molecule has 2 amide bonds. The second kappa shape index (κ2) is 7.99. The monoisotopic (exact) mass is 351 g/mol. The van der Waals surface area contributed by atoms with E-state index in [2.05, 4.69) is 5.32 Å². The van der Waals surface area contributed by atoms with Gasteiger partial charge in [0.1, 0.15) is 0 Å². The van der Waals surface area contributed by atoms with Gasteiger partial charge >= 0.3 is 0 Å². The second-order valence-electron chi connectivity index (χ2n) is 6.64. The number of carbonyl (C=O) groups is 2. The molecule has 3 N–H and O–H groups in total. The van der Waals surface area contributed by atoms with Crippen LogP contribution in [-0.4, -0.2) is 24.9 Å². The van der Waals surface area contributed by atoms with Gasteiger partial charge in [0.2, 0.25) is 11.8 Å². The van der Waals surface area contributed by atoms with Crippen LogP contribution in [0.1, 0.15) is 38.2 Å². The molecule has 24 heavy (non-hydrogen) atoms. The Morgan fingerprint density at radius 3 is 2.79 bits per heavy atom. The predicted molar refractivity (Wildman–Crippen MR) is 98.6 cm³/mol. The largest absolute Gasteiger partial charge is 0.330 e. The van der Waals surface area contributed by atoms with Crippen molar-refractivity contribution in [2.45, 2.75) is 39.0 Å². The van der Waals surface area contributed by atoms with Crippen LogP contribution in [0.3, 0.4) is 0 Å². The maximum atomic E-state index is 12.5. The lowest BCUT2D eigenvalue weighted by molar-refractivity contribution is -0.120. The number of benzene rings is 1. The molecule has 6 heteroatoms. The fraction of sp³-hybridized carbons (Fsp3) is 0.556. The number of fused-ring (bicyclic) bond motifs is 1. The van der Waals surface area contributed by atoms with Crippen LogP contribution in [0.4, 0.5) is 11.4 Å². The number of nitrogens with zero attached hydrogens (tertiary/aromatic N) is 1. The van der Waals surface area contributed by atoms with Gasteiger partial charge in [-0.3, -0.25) is 9.59 Å². The van der Waals surface area contributed by atoms with E-state index in [-0.39, 0.29) is 30.1 Å². The third-order valence-electron chi connectivity index (χ3n) is 5.14. The maximum Gasteiger partial charge on any atom is 0.227 e. The number of aryl methyl sites for hydroxylation is 1. The Morgan fingerprint density at radius 1 is 1.29 bits per heavy atom. The van der Waals surface area contributed by atoms with Gasteiger partial charge in [-0.25, -0.2) is 0 Å². The summed E-state index contributed by atoms with van der Waals surface area (Å²) in [6.07, 6.45) is 4.96. The molecule has 1 aliphatic carbocycles. The van der Waals surface area contributed by atoms with Crippen LogP contribution in [0.15, 0.2) is 18.2 Å². The first-order valence-corrected chi connectivity index (χ1v) is 8.52. The normalized spacial score (nSPS) is 22.5. The van der Waals surface area contributed by atoms with Gasteiger partial charge in [0.15, 0.2) is 0 Å². The number of rotatable bonds is 3. The Hall–Kier alpha value is -1.59. The highest BCUT2D eigenvalue weighted by molar-refractivity contribution is 5.95. The Kier molecular flexibility index (Phi) is 6.24. The van der Waals surface area contributed by atoms with Crippen molar-refractivity contribution in [3.63, 3.8) is 0 Å². The summed E-state index contributed by atoms with van der Waals surface area (Å²) >= 11 is 0.